The van der Waals surface area contributed by atoms with E-state index < -0.39 is 11.2 Å². The van der Waals surface area contributed by atoms with Crippen LogP contribution >= 0.6 is 39.1 Å². The van der Waals surface area contributed by atoms with E-state index in [-0.39, 0.29) is 5.02 Å². The summed E-state index contributed by atoms with van der Waals surface area (Å²) in [7, 11) is 3.09. The molecule has 0 N–H and O–H groups in total. The van der Waals surface area contributed by atoms with Crippen molar-refractivity contribution in [1.29, 1.82) is 0 Å². The molecule has 2 aromatic carbocycles. The smallest absolute Gasteiger partial charge is 0.161 e. The van der Waals surface area contributed by atoms with E-state index in [1.54, 1.807) is 32.4 Å². The van der Waals surface area contributed by atoms with Crippen LogP contribution in [0.5, 0.6) is 11.5 Å². The normalized spacial score (nSPS) is 12.1. The van der Waals surface area contributed by atoms with Crippen molar-refractivity contribution in [2.24, 2.45) is 0 Å². The molecule has 21 heavy (non-hydrogen) atoms. The molecule has 0 bridgehead atoms. The van der Waals surface area contributed by atoms with Crippen molar-refractivity contribution < 1.29 is 13.9 Å². The molecule has 0 fully saturated rings. The lowest BCUT2D eigenvalue weighted by Crippen LogP contribution is -1.99. The second-order valence-electron chi connectivity index (χ2n) is 4.26. The van der Waals surface area contributed by atoms with Crippen molar-refractivity contribution in [2.75, 3.05) is 14.2 Å². The zero-order valence-corrected chi connectivity index (χ0v) is 14.4. The maximum absolute atomic E-state index is 13.6. The minimum Gasteiger partial charge on any atom is -0.493 e. The molecule has 2 rings (SSSR count). The first-order valence-corrected chi connectivity index (χ1v) is 7.59. The molecular weight excluding hydrogens is 382 g/mol. The minimum absolute atomic E-state index is 0.0639. The van der Waals surface area contributed by atoms with Gasteiger partial charge in [-0.25, -0.2) is 4.39 Å². The molecule has 1 atom stereocenters. The van der Waals surface area contributed by atoms with Crippen molar-refractivity contribution in [2.45, 2.75) is 5.38 Å². The molecule has 0 aliphatic rings. The molecule has 0 radical (unpaired) electrons. The van der Waals surface area contributed by atoms with Crippen LogP contribution in [-0.2, 0) is 0 Å². The summed E-state index contributed by atoms with van der Waals surface area (Å²) in [5.74, 6) is 0.631. The first-order valence-electron chi connectivity index (χ1n) is 5.98. The van der Waals surface area contributed by atoms with E-state index in [9.17, 15) is 4.39 Å². The Bertz CT molecular complexity index is 664. The highest BCUT2D eigenvalue weighted by Crippen LogP contribution is 2.40. The molecule has 0 saturated carbocycles. The number of methoxy groups -OCH3 is 2. The molecule has 0 aromatic heterocycles. The third-order valence-corrected chi connectivity index (χ3v) is 4.49. The first-order chi connectivity index (χ1) is 9.97. The number of hydrogen-bond donors (Lipinski definition) is 0. The Hall–Kier alpha value is -0.970. The molecule has 0 aliphatic carbocycles. The maximum atomic E-state index is 13.6. The van der Waals surface area contributed by atoms with Gasteiger partial charge in [-0.05, 0) is 35.4 Å². The summed E-state index contributed by atoms with van der Waals surface area (Å²) in [6.45, 7) is 0. The predicted molar refractivity (Wildman–Crippen MR) is 86.4 cm³/mol. The summed E-state index contributed by atoms with van der Waals surface area (Å²) in [5, 5.41) is -0.486. The van der Waals surface area contributed by atoms with Crippen LogP contribution in [0.3, 0.4) is 0 Å². The molecule has 112 valence electrons. The summed E-state index contributed by atoms with van der Waals surface area (Å²) in [4.78, 5) is 0. The molecule has 1 unspecified atom stereocenters. The number of hydrogen-bond acceptors (Lipinski definition) is 2. The average molecular weight is 394 g/mol. The van der Waals surface area contributed by atoms with E-state index in [1.807, 2.05) is 0 Å². The quantitative estimate of drug-likeness (QED) is 0.630. The molecule has 0 aliphatic heterocycles. The van der Waals surface area contributed by atoms with Crippen LogP contribution in [0.15, 0.2) is 34.8 Å². The van der Waals surface area contributed by atoms with E-state index >= 15 is 0 Å². The summed E-state index contributed by atoms with van der Waals surface area (Å²) in [6, 6.07) is 8.01. The van der Waals surface area contributed by atoms with Crippen LogP contribution in [0.1, 0.15) is 16.5 Å². The van der Waals surface area contributed by atoms with Gasteiger partial charge in [0.25, 0.3) is 0 Å². The topological polar surface area (TPSA) is 18.5 Å². The monoisotopic (exact) mass is 392 g/mol. The Balaban J connectivity index is 2.47. The zero-order valence-electron chi connectivity index (χ0n) is 11.3. The molecule has 0 spiro atoms. The van der Waals surface area contributed by atoms with Crippen LogP contribution in [0, 0.1) is 5.82 Å². The van der Waals surface area contributed by atoms with Gasteiger partial charge in [-0.15, -0.1) is 11.6 Å². The number of alkyl halides is 1. The van der Waals surface area contributed by atoms with Gasteiger partial charge in [0.05, 0.1) is 24.6 Å². The van der Waals surface area contributed by atoms with Crippen molar-refractivity contribution in [1.82, 2.24) is 0 Å². The Morgan fingerprint density at radius 3 is 2.29 bits per heavy atom. The number of ether oxygens (including phenoxy) is 2. The predicted octanol–water partition coefficient (Wildman–Crippen LogP) is 5.59. The van der Waals surface area contributed by atoms with E-state index in [1.165, 1.54) is 12.1 Å². The number of benzene rings is 2. The van der Waals surface area contributed by atoms with Gasteiger partial charge in [0, 0.05) is 4.47 Å². The third kappa shape index (κ3) is 3.44. The third-order valence-electron chi connectivity index (χ3n) is 3.01. The zero-order chi connectivity index (χ0) is 15.6. The molecule has 0 heterocycles. The lowest BCUT2D eigenvalue weighted by molar-refractivity contribution is 0.354. The summed E-state index contributed by atoms with van der Waals surface area (Å²) in [5.41, 5.74) is 1.35. The van der Waals surface area contributed by atoms with Gasteiger partial charge in [0.1, 0.15) is 5.82 Å². The van der Waals surface area contributed by atoms with Gasteiger partial charge in [-0.2, -0.15) is 0 Å². The molecule has 6 heteroatoms. The number of rotatable bonds is 4. The Labute approximate surface area is 140 Å². The van der Waals surface area contributed by atoms with Gasteiger partial charge >= 0.3 is 0 Å². The second kappa shape index (κ2) is 6.86. The maximum Gasteiger partial charge on any atom is 0.161 e. The summed E-state index contributed by atoms with van der Waals surface area (Å²) < 4.78 is 24.8. The fourth-order valence-corrected chi connectivity index (χ4v) is 3.03. The molecular formula is C15H12BrCl2FO2. The van der Waals surface area contributed by atoms with Crippen LogP contribution in [0.25, 0.3) is 0 Å². The van der Waals surface area contributed by atoms with Crippen molar-refractivity contribution >= 4 is 39.1 Å². The van der Waals surface area contributed by atoms with E-state index in [0.717, 1.165) is 10.0 Å². The largest absolute Gasteiger partial charge is 0.493 e. The first kappa shape index (κ1) is 16.4. The SMILES string of the molecule is COc1cc(Br)c(C(Cl)c2ccc(Cl)c(F)c2)cc1OC. The lowest BCUT2D eigenvalue weighted by Gasteiger charge is -2.16. The average Bonchev–Trinajstić information content (AvgIpc) is 2.49. The van der Waals surface area contributed by atoms with E-state index in [4.69, 9.17) is 32.7 Å². The van der Waals surface area contributed by atoms with Crippen LogP contribution in [-0.4, -0.2) is 14.2 Å². The van der Waals surface area contributed by atoms with Gasteiger partial charge in [0.2, 0.25) is 0 Å². The minimum atomic E-state index is -0.550. The molecule has 2 nitrogen and oxygen atoms in total. The van der Waals surface area contributed by atoms with E-state index in [2.05, 4.69) is 15.9 Å². The van der Waals surface area contributed by atoms with Crippen molar-refractivity contribution in [3.8, 4) is 11.5 Å². The summed E-state index contributed by atoms with van der Waals surface area (Å²) in [6.07, 6.45) is 0. The lowest BCUT2D eigenvalue weighted by atomic mass is 10.0. The fourth-order valence-electron chi connectivity index (χ4n) is 1.91. The number of halogens is 4. The summed E-state index contributed by atoms with van der Waals surface area (Å²) >= 11 is 15.6. The molecule has 0 saturated heterocycles. The molecule has 0 amide bonds. The Morgan fingerprint density at radius 2 is 1.71 bits per heavy atom. The van der Waals surface area contributed by atoms with Crippen LogP contribution in [0.2, 0.25) is 5.02 Å². The Morgan fingerprint density at radius 1 is 1.10 bits per heavy atom. The molecule has 2 aromatic rings. The highest BCUT2D eigenvalue weighted by Gasteiger charge is 2.19. The van der Waals surface area contributed by atoms with E-state index in [0.29, 0.717) is 17.1 Å². The Kier molecular flexibility index (Phi) is 5.36. The standard InChI is InChI=1S/C15H12BrCl2FO2/c1-20-13-6-9(10(16)7-14(13)21-2)15(18)8-3-4-11(17)12(19)5-8/h3-7,15H,1-2H3. The van der Waals surface area contributed by atoms with Crippen molar-refractivity contribution in [3.05, 3.63) is 56.8 Å². The van der Waals surface area contributed by atoms with Crippen molar-refractivity contribution in [3.63, 3.8) is 0 Å². The highest BCUT2D eigenvalue weighted by atomic mass is 79.9. The fraction of sp³-hybridized carbons (Fsp3) is 0.200. The van der Waals surface area contributed by atoms with Gasteiger partial charge in [0.15, 0.2) is 11.5 Å². The van der Waals surface area contributed by atoms with Crippen LogP contribution < -0.4 is 9.47 Å². The van der Waals surface area contributed by atoms with Gasteiger partial charge in [-0.3, -0.25) is 0 Å². The van der Waals surface area contributed by atoms with Crippen LogP contribution in [0.4, 0.5) is 4.39 Å². The highest BCUT2D eigenvalue weighted by molar-refractivity contribution is 9.10. The second-order valence-corrected chi connectivity index (χ2v) is 5.96. The van der Waals surface area contributed by atoms with Gasteiger partial charge in [-0.1, -0.05) is 33.6 Å². The van der Waals surface area contributed by atoms with Gasteiger partial charge < -0.3 is 9.47 Å².